The lowest BCUT2D eigenvalue weighted by Crippen LogP contribution is -2.46. The molecular weight excluding hydrogens is 378 g/mol. The van der Waals surface area contributed by atoms with Crippen LogP contribution in [-0.2, 0) is 0 Å². The number of hydrogen-bond acceptors (Lipinski definition) is 4. The van der Waals surface area contributed by atoms with Crippen LogP contribution in [0.15, 0.2) is 36.4 Å². The summed E-state index contributed by atoms with van der Waals surface area (Å²) in [4.78, 5) is 41.6. The van der Waals surface area contributed by atoms with Gasteiger partial charge in [0.15, 0.2) is 0 Å². The maximum atomic E-state index is 13.0. The molecule has 0 unspecified atom stereocenters. The van der Waals surface area contributed by atoms with Crippen molar-refractivity contribution in [1.82, 2.24) is 10.2 Å². The number of imide groups is 1. The summed E-state index contributed by atoms with van der Waals surface area (Å²) in [6, 6.07) is 10.5. The molecule has 28 heavy (non-hydrogen) atoms. The molecule has 0 atom stereocenters. The van der Waals surface area contributed by atoms with Crippen LogP contribution in [0.1, 0.15) is 42.2 Å². The van der Waals surface area contributed by atoms with Gasteiger partial charge in [0.1, 0.15) is 0 Å². The summed E-state index contributed by atoms with van der Waals surface area (Å²) in [6.07, 6.45) is 0. The Morgan fingerprint density at radius 2 is 1.61 bits per heavy atom. The topological polar surface area (TPSA) is 69.7 Å². The number of rotatable bonds is 2. The summed E-state index contributed by atoms with van der Waals surface area (Å²) in [7, 11) is 0. The quantitative estimate of drug-likeness (QED) is 0.788. The van der Waals surface area contributed by atoms with Crippen molar-refractivity contribution in [1.29, 1.82) is 0 Å². The highest BCUT2D eigenvalue weighted by Crippen LogP contribution is 2.32. The minimum absolute atomic E-state index is 0. The Morgan fingerprint density at radius 3 is 2.32 bits per heavy atom. The van der Waals surface area contributed by atoms with E-state index in [1.54, 1.807) is 23.1 Å². The fourth-order valence-electron chi connectivity index (χ4n) is 3.60. The Kier molecular flexibility index (Phi) is 5.54. The fourth-order valence-corrected chi connectivity index (χ4v) is 3.60. The summed E-state index contributed by atoms with van der Waals surface area (Å²) < 4.78 is 0. The summed E-state index contributed by atoms with van der Waals surface area (Å²) in [6.45, 7) is 6.58. The van der Waals surface area contributed by atoms with Crippen LogP contribution >= 0.6 is 12.4 Å². The van der Waals surface area contributed by atoms with Crippen molar-refractivity contribution < 1.29 is 14.4 Å². The second-order valence-corrected chi connectivity index (χ2v) is 7.04. The van der Waals surface area contributed by atoms with Gasteiger partial charge in [-0.2, -0.15) is 0 Å². The van der Waals surface area contributed by atoms with Crippen molar-refractivity contribution in [2.24, 2.45) is 0 Å². The van der Waals surface area contributed by atoms with Gasteiger partial charge >= 0.3 is 0 Å². The number of benzene rings is 2. The molecule has 2 heterocycles. The largest absolute Gasteiger partial charge is 0.336 e. The summed E-state index contributed by atoms with van der Waals surface area (Å²) in [5, 5.41) is 3.21. The van der Waals surface area contributed by atoms with Gasteiger partial charge in [-0.25, -0.2) is 4.90 Å². The minimum atomic E-state index is -0.376. The Balaban J connectivity index is 0.00000225. The standard InChI is InChI=1S/C21H21N3O3.ClH/c1-13-3-4-14(2)18(11-13)24-20(26)16-6-5-15(12-17(16)21(24)27)19(25)23-9-7-22-8-10-23;/h3-6,11-12,22H,7-10H2,1-2H3;1H. The van der Waals surface area contributed by atoms with Crippen LogP contribution in [0.25, 0.3) is 0 Å². The number of nitrogens with zero attached hydrogens (tertiary/aromatic N) is 2. The molecule has 3 amide bonds. The van der Waals surface area contributed by atoms with Crippen molar-refractivity contribution in [2.45, 2.75) is 13.8 Å². The molecule has 2 aliphatic rings. The first-order chi connectivity index (χ1) is 13.0. The highest BCUT2D eigenvalue weighted by atomic mass is 35.5. The summed E-state index contributed by atoms with van der Waals surface area (Å²) in [5.74, 6) is -0.826. The van der Waals surface area contributed by atoms with E-state index in [2.05, 4.69) is 5.32 Å². The van der Waals surface area contributed by atoms with Crippen molar-refractivity contribution >= 4 is 35.8 Å². The molecule has 0 radical (unpaired) electrons. The summed E-state index contributed by atoms with van der Waals surface area (Å²) >= 11 is 0. The highest BCUT2D eigenvalue weighted by Gasteiger charge is 2.38. The second kappa shape index (κ2) is 7.73. The maximum Gasteiger partial charge on any atom is 0.266 e. The summed E-state index contributed by atoms with van der Waals surface area (Å²) in [5.41, 5.74) is 3.50. The average molecular weight is 400 g/mol. The molecule has 4 rings (SSSR count). The van der Waals surface area contributed by atoms with E-state index in [1.807, 2.05) is 32.0 Å². The first-order valence-corrected chi connectivity index (χ1v) is 9.07. The Labute approximate surface area is 169 Å². The SMILES string of the molecule is Cc1ccc(C)c(N2C(=O)c3ccc(C(=O)N4CCNCC4)cc3C2=O)c1.Cl. The number of piperazine rings is 1. The number of nitrogens with one attached hydrogen (secondary N) is 1. The molecule has 1 N–H and O–H groups in total. The second-order valence-electron chi connectivity index (χ2n) is 7.04. The van der Waals surface area contributed by atoms with Gasteiger partial charge < -0.3 is 10.2 Å². The number of amides is 3. The van der Waals surface area contributed by atoms with Gasteiger partial charge in [0.05, 0.1) is 16.8 Å². The predicted molar refractivity (Wildman–Crippen MR) is 110 cm³/mol. The third-order valence-corrected chi connectivity index (χ3v) is 5.14. The number of aryl methyl sites for hydroxylation is 2. The molecule has 1 saturated heterocycles. The number of hydrogen-bond donors (Lipinski definition) is 1. The smallest absolute Gasteiger partial charge is 0.266 e. The molecule has 2 aliphatic heterocycles. The molecule has 0 bridgehead atoms. The highest BCUT2D eigenvalue weighted by molar-refractivity contribution is 6.35. The number of carbonyl (C=O) groups is 3. The van der Waals surface area contributed by atoms with E-state index < -0.39 is 0 Å². The van der Waals surface area contributed by atoms with Crippen molar-refractivity contribution in [3.63, 3.8) is 0 Å². The zero-order chi connectivity index (χ0) is 19.1. The van der Waals surface area contributed by atoms with Gasteiger partial charge in [-0.3, -0.25) is 14.4 Å². The van der Waals surface area contributed by atoms with E-state index in [0.717, 1.165) is 24.2 Å². The van der Waals surface area contributed by atoms with Crippen molar-refractivity contribution in [3.05, 3.63) is 64.2 Å². The van der Waals surface area contributed by atoms with Gasteiger partial charge in [-0.1, -0.05) is 12.1 Å². The van der Waals surface area contributed by atoms with Crippen molar-refractivity contribution in [3.8, 4) is 0 Å². The molecule has 2 aromatic carbocycles. The van der Waals surface area contributed by atoms with E-state index in [4.69, 9.17) is 0 Å². The van der Waals surface area contributed by atoms with Gasteiger partial charge in [0, 0.05) is 31.7 Å². The third-order valence-electron chi connectivity index (χ3n) is 5.14. The third kappa shape index (κ3) is 3.30. The molecule has 0 spiro atoms. The van der Waals surface area contributed by atoms with E-state index in [0.29, 0.717) is 35.5 Å². The molecule has 6 nitrogen and oxygen atoms in total. The molecular formula is C21H22ClN3O3. The molecule has 1 fully saturated rings. The Bertz CT molecular complexity index is 967. The van der Waals surface area contributed by atoms with Crippen LogP contribution in [0.5, 0.6) is 0 Å². The van der Waals surface area contributed by atoms with Crippen LogP contribution in [0, 0.1) is 13.8 Å². The molecule has 2 aromatic rings. The van der Waals surface area contributed by atoms with Crippen LogP contribution < -0.4 is 10.2 Å². The van der Waals surface area contributed by atoms with Crippen LogP contribution in [0.2, 0.25) is 0 Å². The molecule has 146 valence electrons. The number of halogens is 1. The Hall–Kier alpha value is -2.70. The lowest BCUT2D eigenvalue weighted by molar-refractivity contribution is 0.0735. The zero-order valence-electron chi connectivity index (χ0n) is 15.8. The zero-order valence-corrected chi connectivity index (χ0v) is 16.6. The molecule has 0 saturated carbocycles. The predicted octanol–water partition coefficient (Wildman–Crippen LogP) is 2.57. The van der Waals surface area contributed by atoms with E-state index in [1.165, 1.54) is 4.90 Å². The molecule has 7 heteroatoms. The lowest BCUT2D eigenvalue weighted by Gasteiger charge is -2.27. The van der Waals surface area contributed by atoms with Gasteiger partial charge in [0.25, 0.3) is 17.7 Å². The number of fused-ring (bicyclic) bond motifs is 1. The van der Waals surface area contributed by atoms with Crippen LogP contribution in [0.4, 0.5) is 5.69 Å². The first-order valence-electron chi connectivity index (χ1n) is 9.07. The lowest BCUT2D eigenvalue weighted by atomic mass is 10.0. The average Bonchev–Trinajstić information content (AvgIpc) is 2.94. The van der Waals surface area contributed by atoms with Crippen LogP contribution in [0.3, 0.4) is 0 Å². The number of carbonyl (C=O) groups excluding carboxylic acids is 3. The van der Waals surface area contributed by atoms with Gasteiger partial charge in [-0.05, 0) is 49.2 Å². The van der Waals surface area contributed by atoms with E-state index in [9.17, 15) is 14.4 Å². The first kappa shape index (κ1) is 20.0. The number of anilines is 1. The fraction of sp³-hybridized carbons (Fsp3) is 0.286. The minimum Gasteiger partial charge on any atom is -0.336 e. The molecule has 0 aliphatic carbocycles. The Morgan fingerprint density at radius 1 is 0.929 bits per heavy atom. The van der Waals surface area contributed by atoms with E-state index >= 15 is 0 Å². The monoisotopic (exact) mass is 399 g/mol. The normalized spacial score (nSPS) is 16.1. The van der Waals surface area contributed by atoms with Crippen LogP contribution in [-0.4, -0.2) is 48.8 Å². The van der Waals surface area contributed by atoms with Gasteiger partial charge in [0.2, 0.25) is 0 Å². The van der Waals surface area contributed by atoms with E-state index in [-0.39, 0.29) is 30.1 Å². The molecule has 0 aromatic heterocycles. The van der Waals surface area contributed by atoms with Gasteiger partial charge in [-0.15, -0.1) is 12.4 Å². The maximum absolute atomic E-state index is 13.0. The van der Waals surface area contributed by atoms with Crippen molar-refractivity contribution in [2.75, 3.05) is 31.1 Å².